The van der Waals surface area contributed by atoms with Crippen LogP contribution in [0.3, 0.4) is 0 Å². The molecule has 0 saturated carbocycles. The van der Waals surface area contributed by atoms with Crippen molar-refractivity contribution in [1.82, 2.24) is 0 Å². The molecule has 96 valence electrons. The highest BCUT2D eigenvalue weighted by atomic mass is 14.7. The first kappa shape index (κ1) is 12.2. The Labute approximate surface area is 115 Å². The van der Waals surface area contributed by atoms with Crippen LogP contribution in [0.25, 0.3) is 0 Å². The SMILES string of the molecule is CC1CCc2ccccc2C1=NCc1ccccc1. The number of aliphatic imine (C=N–C) groups is 1. The van der Waals surface area contributed by atoms with Crippen LogP contribution in [0.4, 0.5) is 0 Å². The van der Waals surface area contributed by atoms with Gasteiger partial charge in [-0.1, -0.05) is 61.5 Å². The molecule has 0 aliphatic heterocycles. The topological polar surface area (TPSA) is 12.4 Å². The standard InChI is InChI=1S/C18H19N/c1-14-11-12-16-9-5-6-10-17(16)18(14)19-13-15-7-3-2-4-8-15/h2-10,14H,11-13H2,1H3. The first-order valence-corrected chi connectivity index (χ1v) is 7.01. The van der Waals surface area contributed by atoms with E-state index in [1.54, 1.807) is 0 Å². The average Bonchev–Trinajstić information content (AvgIpc) is 2.47. The predicted molar refractivity (Wildman–Crippen MR) is 80.6 cm³/mol. The molecule has 1 atom stereocenters. The Balaban J connectivity index is 1.91. The zero-order valence-electron chi connectivity index (χ0n) is 11.3. The fourth-order valence-corrected chi connectivity index (χ4v) is 2.76. The molecule has 1 unspecified atom stereocenters. The Morgan fingerprint density at radius 3 is 2.58 bits per heavy atom. The number of rotatable bonds is 2. The molecule has 0 saturated heterocycles. The smallest absolute Gasteiger partial charge is 0.0643 e. The van der Waals surface area contributed by atoms with Crippen molar-refractivity contribution in [2.45, 2.75) is 26.3 Å². The molecular formula is C18H19N. The van der Waals surface area contributed by atoms with Crippen molar-refractivity contribution in [3.05, 3.63) is 71.3 Å². The Kier molecular flexibility index (Phi) is 3.45. The normalized spacial score (nSPS) is 20.3. The van der Waals surface area contributed by atoms with Crippen molar-refractivity contribution in [3.8, 4) is 0 Å². The number of fused-ring (bicyclic) bond motifs is 1. The molecule has 0 spiro atoms. The van der Waals surface area contributed by atoms with Crippen LogP contribution in [0.5, 0.6) is 0 Å². The van der Waals surface area contributed by atoms with Crippen LogP contribution in [0, 0.1) is 5.92 Å². The molecule has 0 bridgehead atoms. The fraction of sp³-hybridized carbons (Fsp3) is 0.278. The van der Waals surface area contributed by atoms with E-state index in [-0.39, 0.29) is 0 Å². The third-order valence-corrected chi connectivity index (χ3v) is 3.88. The average molecular weight is 249 g/mol. The highest BCUT2D eigenvalue weighted by Crippen LogP contribution is 2.26. The Hall–Kier alpha value is -1.89. The third-order valence-electron chi connectivity index (χ3n) is 3.88. The van der Waals surface area contributed by atoms with Crippen molar-refractivity contribution in [3.63, 3.8) is 0 Å². The number of aryl methyl sites for hydroxylation is 1. The lowest BCUT2D eigenvalue weighted by molar-refractivity contribution is 0.659. The van der Waals surface area contributed by atoms with E-state index in [9.17, 15) is 0 Å². The molecule has 0 aromatic heterocycles. The van der Waals surface area contributed by atoms with Crippen molar-refractivity contribution in [1.29, 1.82) is 0 Å². The summed E-state index contributed by atoms with van der Waals surface area (Å²) in [5.41, 5.74) is 5.38. The van der Waals surface area contributed by atoms with Gasteiger partial charge in [-0.3, -0.25) is 4.99 Å². The van der Waals surface area contributed by atoms with Crippen LogP contribution < -0.4 is 0 Å². The number of nitrogens with zero attached hydrogens (tertiary/aromatic N) is 1. The minimum absolute atomic E-state index is 0.568. The Morgan fingerprint density at radius 1 is 1.00 bits per heavy atom. The molecule has 3 rings (SSSR count). The van der Waals surface area contributed by atoms with Crippen molar-refractivity contribution >= 4 is 5.71 Å². The Morgan fingerprint density at radius 2 is 1.74 bits per heavy atom. The van der Waals surface area contributed by atoms with E-state index in [1.165, 1.54) is 35.2 Å². The van der Waals surface area contributed by atoms with E-state index in [0.717, 1.165) is 6.54 Å². The summed E-state index contributed by atoms with van der Waals surface area (Å²) in [5.74, 6) is 0.568. The molecule has 19 heavy (non-hydrogen) atoms. The molecule has 0 heterocycles. The summed E-state index contributed by atoms with van der Waals surface area (Å²) < 4.78 is 0. The van der Waals surface area contributed by atoms with Crippen LogP contribution in [0.2, 0.25) is 0 Å². The van der Waals surface area contributed by atoms with Gasteiger partial charge < -0.3 is 0 Å². The molecule has 0 fully saturated rings. The van der Waals surface area contributed by atoms with Crippen molar-refractivity contribution < 1.29 is 0 Å². The molecule has 0 radical (unpaired) electrons. The zero-order valence-corrected chi connectivity index (χ0v) is 11.3. The maximum Gasteiger partial charge on any atom is 0.0643 e. The quantitative estimate of drug-likeness (QED) is 0.754. The van der Waals surface area contributed by atoms with Gasteiger partial charge in [0.15, 0.2) is 0 Å². The highest BCUT2D eigenvalue weighted by molar-refractivity contribution is 6.04. The van der Waals surface area contributed by atoms with Gasteiger partial charge in [0.1, 0.15) is 0 Å². The van der Waals surface area contributed by atoms with Crippen LogP contribution in [-0.2, 0) is 13.0 Å². The van der Waals surface area contributed by atoms with Crippen molar-refractivity contribution in [2.24, 2.45) is 10.9 Å². The second-order valence-corrected chi connectivity index (χ2v) is 5.28. The molecular weight excluding hydrogens is 230 g/mol. The molecule has 1 heteroatoms. The monoisotopic (exact) mass is 249 g/mol. The van der Waals surface area contributed by atoms with Gasteiger partial charge in [-0.15, -0.1) is 0 Å². The minimum atomic E-state index is 0.568. The summed E-state index contributed by atoms with van der Waals surface area (Å²) in [7, 11) is 0. The van der Waals surface area contributed by atoms with Gasteiger partial charge in [0, 0.05) is 5.71 Å². The molecule has 1 nitrogen and oxygen atoms in total. The molecule has 1 aliphatic rings. The van der Waals surface area contributed by atoms with Crippen LogP contribution in [-0.4, -0.2) is 5.71 Å². The highest BCUT2D eigenvalue weighted by Gasteiger charge is 2.21. The summed E-state index contributed by atoms with van der Waals surface area (Å²) in [6.45, 7) is 3.08. The Bertz CT molecular complexity index is 584. The number of hydrogen-bond donors (Lipinski definition) is 0. The lowest BCUT2D eigenvalue weighted by atomic mass is 9.83. The zero-order chi connectivity index (χ0) is 13.1. The van der Waals surface area contributed by atoms with Crippen molar-refractivity contribution in [2.75, 3.05) is 0 Å². The first-order chi connectivity index (χ1) is 9.34. The maximum absolute atomic E-state index is 4.89. The van der Waals surface area contributed by atoms with E-state index in [2.05, 4.69) is 61.5 Å². The fourth-order valence-electron chi connectivity index (χ4n) is 2.76. The summed E-state index contributed by atoms with van der Waals surface area (Å²) in [5, 5.41) is 0. The largest absolute Gasteiger partial charge is 0.284 e. The maximum atomic E-state index is 4.89. The predicted octanol–water partition coefficient (Wildman–Crippen LogP) is 4.26. The molecule has 1 aliphatic carbocycles. The molecule has 2 aromatic rings. The summed E-state index contributed by atoms with van der Waals surface area (Å²) in [6, 6.07) is 19.2. The molecule has 2 aromatic carbocycles. The van der Waals surface area contributed by atoms with Crippen LogP contribution in [0.15, 0.2) is 59.6 Å². The van der Waals surface area contributed by atoms with E-state index in [4.69, 9.17) is 4.99 Å². The van der Waals surface area contributed by atoms with Gasteiger partial charge >= 0.3 is 0 Å². The molecule has 0 N–H and O–H groups in total. The van der Waals surface area contributed by atoms with E-state index < -0.39 is 0 Å². The van der Waals surface area contributed by atoms with Gasteiger partial charge in [-0.25, -0.2) is 0 Å². The summed E-state index contributed by atoms with van der Waals surface area (Å²) in [4.78, 5) is 4.89. The lowest BCUT2D eigenvalue weighted by Crippen LogP contribution is -2.21. The first-order valence-electron chi connectivity index (χ1n) is 7.01. The van der Waals surface area contributed by atoms with Gasteiger partial charge in [0.05, 0.1) is 6.54 Å². The van der Waals surface area contributed by atoms with E-state index in [1.807, 2.05) is 0 Å². The van der Waals surface area contributed by atoms with E-state index >= 15 is 0 Å². The van der Waals surface area contributed by atoms with E-state index in [0.29, 0.717) is 5.92 Å². The lowest BCUT2D eigenvalue weighted by Gasteiger charge is -2.24. The van der Waals surface area contributed by atoms with Gasteiger partial charge in [0.25, 0.3) is 0 Å². The second-order valence-electron chi connectivity index (χ2n) is 5.28. The van der Waals surface area contributed by atoms with Gasteiger partial charge in [-0.2, -0.15) is 0 Å². The summed E-state index contributed by atoms with van der Waals surface area (Å²) in [6.07, 6.45) is 2.40. The van der Waals surface area contributed by atoms with Crippen LogP contribution >= 0.6 is 0 Å². The number of benzene rings is 2. The summed E-state index contributed by atoms with van der Waals surface area (Å²) >= 11 is 0. The minimum Gasteiger partial charge on any atom is -0.284 e. The van der Waals surface area contributed by atoms with Crippen LogP contribution in [0.1, 0.15) is 30.0 Å². The number of hydrogen-bond acceptors (Lipinski definition) is 1. The third kappa shape index (κ3) is 2.60. The second kappa shape index (κ2) is 5.40. The molecule has 0 amide bonds. The van der Waals surface area contributed by atoms with Gasteiger partial charge in [0.2, 0.25) is 0 Å². The van der Waals surface area contributed by atoms with Gasteiger partial charge in [-0.05, 0) is 35.4 Å².